The third-order valence-corrected chi connectivity index (χ3v) is 20.7. The molecule has 20 heteroatoms. The highest BCUT2D eigenvalue weighted by atomic mass is 16.5. The monoisotopic (exact) mass is 1560 g/mol. The number of methoxy groups -OCH3 is 1. The van der Waals surface area contributed by atoms with E-state index in [0.717, 1.165) is 81.9 Å². The number of hydrogen-bond acceptors (Lipinski definition) is 13. The molecule has 1 unspecified atom stereocenters. The Bertz CT molecular complexity index is 3750. The van der Waals surface area contributed by atoms with E-state index in [2.05, 4.69) is 154 Å². The minimum Gasteiger partial charge on any atom is -0.394 e. The summed E-state index contributed by atoms with van der Waals surface area (Å²) >= 11 is 0. The van der Waals surface area contributed by atoms with Crippen LogP contribution in [0.3, 0.4) is 0 Å². The van der Waals surface area contributed by atoms with Gasteiger partial charge in [-0.3, -0.25) is 38.5 Å². The predicted octanol–water partition coefficient (Wildman–Crippen LogP) is 14.8. The molecule has 3 heterocycles. The molecule has 0 aromatic heterocycles. The van der Waals surface area contributed by atoms with Crippen LogP contribution >= 0.6 is 0 Å². The first-order valence-electron chi connectivity index (χ1n) is 41.3. The van der Waals surface area contributed by atoms with Gasteiger partial charge in [0.25, 0.3) is 35.4 Å². The van der Waals surface area contributed by atoms with Crippen molar-refractivity contribution >= 4 is 41.4 Å². The molecule has 0 radical (unpaired) electrons. The van der Waals surface area contributed by atoms with Crippen LogP contribution in [0, 0.1) is 5.41 Å². The zero-order chi connectivity index (χ0) is 83.0. The molecule has 3 aliphatic heterocycles. The van der Waals surface area contributed by atoms with Gasteiger partial charge >= 0.3 is 0 Å². The van der Waals surface area contributed by atoms with Crippen LogP contribution in [-0.4, -0.2) is 192 Å². The molecule has 6 aromatic rings. The highest BCUT2D eigenvalue weighted by Gasteiger charge is 2.27. The number of hydrogen-bond donors (Lipinski definition) is 8. The maximum atomic E-state index is 12.1. The lowest BCUT2D eigenvalue weighted by atomic mass is 9.87. The van der Waals surface area contributed by atoms with E-state index in [9.17, 15) is 38.7 Å². The maximum Gasteiger partial charge on any atom is 0.252 e. The van der Waals surface area contributed by atoms with Crippen molar-refractivity contribution in [3.8, 4) is 0 Å². The van der Waals surface area contributed by atoms with E-state index in [0.29, 0.717) is 84.1 Å². The Morgan fingerprint density at radius 2 is 0.779 bits per heavy atom. The topological polar surface area (TPSA) is 252 Å². The first-order valence-corrected chi connectivity index (χ1v) is 41.3. The summed E-state index contributed by atoms with van der Waals surface area (Å²) in [5.74, 6) is 2.46. The third kappa shape index (κ3) is 36.2. The Kier molecular flexibility index (Phi) is 42.5. The van der Waals surface area contributed by atoms with Crippen molar-refractivity contribution in [3.63, 3.8) is 0 Å². The second-order valence-electron chi connectivity index (χ2n) is 32.9. The van der Waals surface area contributed by atoms with Crippen LogP contribution in [-0.2, 0) is 14.3 Å². The number of ether oxygens (including phenoxy) is 2. The fraction of sp³-hybridized carbons (Fsp3) is 0.538. The molecule has 3 saturated heterocycles. The highest BCUT2D eigenvalue weighted by molar-refractivity contribution is 5.97. The summed E-state index contributed by atoms with van der Waals surface area (Å²) in [6.07, 6.45) is 9.63. The number of nitrogens with one attached hydrogen (secondary N) is 7. The van der Waals surface area contributed by atoms with E-state index in [-0.39, 0.29) is 66.0 Å². The van der Waals surface area contributed by atoms with Gasteiger partial charge in [-0.05, 0) is 219 Å². The molecule has 1 saturated carbocycles. The van der Waals surface area contributed by atoms with Gasteiger partial charge in [-0.15, -0.1) is 0 Å². The lowest BCUT2D eigenvalue weighted by Gasteiger charge is -2.32. The first-order chi connectivity index (χ1) is 53.9. The van der Waals surface area contributed by atoms with Crippen molar-refractivity contribution < 1.29 is 48.1 Å². The number of nitrogens with zero attached hydrogens (tertiary/aromatic N) is 3. The van der Waals surface area contributed by atoms with Gasteiger partial charge in [-0.25, -0.2) is 0 Å². The molecular formula is C93H138N10O10. The number of morpholine rings is 1. The van der Waals surface area contributed by atoms with Crippen molar-refractivity contribution in [3.05, 3.63) is 212 Å². The summed E-state index contributed by atoms with van der Waals surface area (Å²) in [5.41, 5.74) is 11.4. The number of rotatable bonds is 28. The van der Waals surface area contributed by atoms with E-state index in [1.54, 1.807) is 19.2 Å². The van der Waals surface area contributed by atoms with Crippen LogP contribution in [0.4, 0.5) is 0 Å². The zero-order valence-electron chi connectivity index (χ0n) is 71.3. The van der Waals surface area contributed by atoms with Crippen molar-refractivity contribution in [2.75, 3.05) is 113 Å². The van der Waals surface area contributed by atoms with Crippen LogP contribution < -0.4 is 37.2 Å². The molecule has 20 nitrogen and oxygen atoms in total. The van der Waals surface area contributed by atoms with Crippen molar-refractivity contribution in [1.29, 1.82) is 0 Å². The Morgan fingerprint density at radius 3 is 1.12 bits per heavy atom. The molecular weight excluding hydrogens is 1420 g/mol. The van der Waals surface area contributed by atoms with E-state index < -0.39 is 0 Å². The lowest BCUT2D eigenvalue weighted by Crippen LogP contribution is -2.46. The largest absolute Gasteiger partial charge is 0.394 e. The normalized spacial score (nSPS) is 15.3. The summed E-state index contributed by atoms with van der Waals surface area (Å²) in [4.78, 5) is 90.1. The Morgan fingerprint density at radius 1 is 0.434 bits per heavy atom. The van der Waals surface area contributed by atoms with Gasteiger partial charge in [0.15, 0.2) is 0 Å². The second kappa shape index (κ2) is 50.6. The fourth-order valence-corrected chi connectivity index (χ4v) is 12.5. The van der Waals surface area contributed by atoms with Crippen molar-refractivity contribution in [1.82, 2.24) is 51.9 Å². The molecule has 8 N–H and O–H groups in total. The third-order valence-electron chi connectivity index (χ3n) is 20.7. The molecule has 113 heavy (non-hydrogen) atoms. The molecule has 620 valence electrons. The van der Waals surface area contributed by atoms with E-state index in [1.807, 2.05) is 142 Å². The smallest absolute Gasteiger partial charge is 0.252 e. The van der Waals surface area contributed by atoms with Gasteiger partial charge in [0.05, 0.1) is 45.7 Å². The highest BCUT2D eigenvalue weighted by Crippen LogP contribution is 2.24. The average molecular weight is 1560 g/mol. The molecule has 6 aromatic carbocycles. The van der Waals surface area contributed by atoms with Crippen LogP contribution in [0.5, 0.6) is 0 Å². The zero-order valence-corrected chi connectivity index (χ0v) is 71.3. The Hall–Kier alpha value is -8.63. The van der Waals surface area contributed by atoms with Crippen LogP contribution in [0.2, 0.25) is 0 Å². The summed E-state index contributed by atoms with van der Waals surface area (Å²) in [5, 5.41) is 29.5. The molecule has 2 atom stereocenters. The van der Waals surface area contributed by atoms with Gasteiger partial charge in [0.2, 0.25) is 5.91 Å². The summed E-state index contributed by atoms with van der Waals surface area (Å²) in [6.45, 7) is 42.6. The van der Waals surface area contributed by atoms with Gasteiger partial charge in [-0.1, -0.05) is 183 Å². The van der Waals surface area contributed by atoms with Crippen LogP contribution in [0.25, 0.3) is 0 Å². The number of benzene rings is 6. The van der Waals surface area contributed by atoms with E-state index in [4.69, 9.17) is 9.47 Å². The number of piperidine rings is 1. The predicted molar refractivity (Wildman–Crippen MR) is 459 cm³/mol. The number of carbonyl (C=O) groups excluding carboxylic acids is 7. The van der Waals surface area contributed by atoms with Gasteiger partial charge in [0, 0.05) is 91.8 Å². The quantitative estimate of drug-likeness (QED) is 0.0213. The van der Waals surface area contributed by atoms with Gasteiger partial charge in [0.1, 0.15) is 0 Å². The van der Waals surface area contributed by atoms with Crippen molar-refractivity contribution in [2.24, 2.45) is 5.41 Å². The number of amides is 7. The standard InChI is InChI=1S/C18H28N2O.C16H24N2O.C16H25NO2.C15H22N2O2.C15H20N2O2.C13H19NO2/c1-14(2)15-7-9-16(10-8-15)18(21)19-12-11-17-6-4-5-13-20(17)3;1-13(2)14-5-7-15(8-6-14)16(19)17-9-12-18-10-3-4-11-18;1-11(2)12-6-8-13(9-7-12)15(19)17-14(10-18)16(3,4)5;1-12(2)13-3-5-14(6-4-13)15(18)16-11-17-7-9-19-10-8-17;1-10(2)11-3-5-12(6-4-11)15(19)16-9-14(18)17-13-7-8-13;1-10(2)11-4-6-12(7-5-11)13(15)14-8-9-16-3/h7-10,14,17H,4-6,11-13H2,1-3H3,(H,19,21);5-8,13H,3-4,9-12H2,1-2H3,(H,17,19);6-9,11,14,18H,10H2,1-5H3,(H,17,19);3-6,12H,7-11H2,1-2H3,(H,16,18);3-6,10,13H,7-9H2,1-2H3,(H,16,19)(H,17,18);4-7,10H,8-9H2,1-3H3,(H,14,15)/t;;14-;;;/m..1.../s1. The first kappa shape index (κ1) is 95.0. The molecule has 4 fully saturated rings. The van der Waals surface area contributed by atoms with Gasteiger partial charge in [-0.2, -0.15) is 0 Å². The SMILES string of the molecule is CC(C)c1ccc(C(=O)NCC(=O)NC2CC2)cc1.CC(C)c1ccc(C(=O)NCCC2CCCCN2C)cc1.CC(C)c1ccc(C(=O)NCCN2CCCC2)cc1.CC(C)c1ccc(C(=O)NCN2CCOCC2)cc1.CC(C)c1ccc(C(=O)N[C@H](CO)C(C)(C)C)cc1.COCCNC(=O)c1ccc(C(C)C)cc1. The molecule has 4 aliphatic rings. The number of aliphatic hydroxyl groups excluding tert-OH is 1. The fourth-order valence-electron chi connectivity index (χ4n) is 12.5. The number of carbonyl (C=O) groups is 7. The van der Waals surface area contributed by atoms with E-state index in [1.165, 1.54) is 85.1 Å². The number of aliphatic hydroxyl groups is 1. The molecule has 1 aliphatic carbocycles. The van der Waals surface area contributed by atoms with Gasteiger partial charge < -0.3 is 61.6 Å². The minimum absolute atomic E-state index is 0.0122. The minimum atomic E-state index is -0.246. The molecule has 7 amide bonds. The molecule has 0 spiro atoms. The summed E-state index contributed by atoms with van der Waals surface area (Å²) in [6, 6.07) is 47.2. The Labute approximate surface area is 677 Å². The van der Waals surface area contributed by atoms with Crippen LogP contribution in [0.15, 0.2) is 146 Å². The lowest BCUT2D eigenvalue weighted by molar-refractivity contribution is -0.120. The van der Waals surface area contributed by atoms with E-state index >= 15 is 0 Å². The maximum absolute atomic E-state index is 12.1. The number of likely N-dealkylation sites (tertiary alicyclic amines) is 2. The molecule has 0 bridgehead atoms. The Balaban J connectivity index is 0.000000243. The second-order valence-corrected chi connectivity index (χ2v) is 32.9. The van der Waals surface area contributed by atoms with Crippen LogP contribution in [0.1, 0.15) is 286 Å². The van der Waals surface area contributed by atoms with Crippen molar-refractivity contribution in [2.45, 2.75) is 209 Å². The summed E-state index contributed by atoms with van der Waals surface area (Å²) < 4.78 is 10.1. The average Bonchev–Trinajstić information content (AvgIpc) is 1.80. The molecule has 10 rings (SSSR count). The summed E-state index contributed by atoms with van der Waals surface area (Å²) in [7, 11) is 3.81.